The topological polar surface area (TPSA) is 40.2 Å². The molecule has 0 bridgehead atoms. The van der Waals surface area contributed by atoms with E-state index in [2.05, 4.69) is 6.92 Å². The zero-order valence-corrected chi connectivity index (χ0v) is 10.1. The molecule has 0 spiro atoms. The Balaban J connectivity index is 1.76. The molecule has 0 saturated carbocycles. The van der Waals surface area contributed by atoms with Gasteiger partial charge < -0.3 is 0 Å². The zero-order valence-electron chi connectivity index (χ0n) is 10.1. The van der Waals surface area contributed by atoms with E-state index >= 15 is 0 Å². The summed E-state index contributed by atoms with van der Waals surface area (Å²) in [4.78, 5) is 22.9. The summed E-state index contributed by atoms with van der Waals surface area (Å²) in [5, 5.41) is 0. The van der Waals surface area contributed by atoms with Crippen molar-refractivity contribution in [2.45, 2.75) is 57.5 Å². The van der Waals surface area contributed by atoms with Gasteiger partial charge in [-0.2, -0.15) is 0 Å². The minimum atomic E-state index is 0.210. The summed E-state index contributed by atoms with van der Waals surface area (Å²) in [6, 6.07) is 0.436. The molecule has 0 radical (unpaired) electrons. The number of nitroso groups, excluding NO2 is 2. The largest absolute Gasteiger partial charge is 0.204 e. The Labute approximate surface area is 96.6 Å². The van der Waals surface area contributed by atoms with Gasteiger partial charge in [0.25, 0.3) is 0 Å². The van der Waals surface area contributed by atoms with Crippen molar-refractivity contribution in [3.63, 3.8) is 0 Å². The molecule has 0 aromatic carbocycles. The minimum absolute atomic E-state index is 0.210. The summed E-state index contributed by atoms with van der Waals surface area (Å²) in [6.45, 7) is 3.56. The molecule has 2 fully saturated rings. The Hall–Kier alpha value is -0.800. The third-order valence-corrected chi connectivity index (χ3v) is 4.18. The van der Waals surface area contributed by atoms with Crippen molar-refractivity contribution in [3.8, 4) is 0 Å². The first-order valence-electron chi connectivity index (χ1n) is 6.56. The van der Waals surface area contributed by atoms with Crippen LogP contribution in [0.5, 0.6) is 0 Å². The molecule has 0 N–H and O–H groups in total. The highest BCUT2D eigenvalue weighted by Gasteiger charge is 2.38. The second-order valence-corrected chi connectivity index (χ2v) is 5.34. The Morgan fingerprint density at radius 3 is 2.38 bits per heavy atom. The molecule has 90 valence electrons. The SMILES string of the molecule is CC(CCC1CCC[N+]1=O)C1CCC[N+]1=O. The molecule has 16 heavy (non-hydrogen) atoms. The van der Waals surface area contributed by atoms with Gasteiger partial charge >= 0.3 is 0 Å². The lowest BCUT2D eigenvalue weighted by atomic mass is 9.93. The summed E-state index contributed by atoms with van der Waals surface area (Å²) in [6.07, 6.45) is 6.15. The van der Waals surface area contributed by atoms with Crippen molar-refractivity contribution in [3.05, 3.63) is 9.81 Å². The Kier molecular flexibility index (Phi) is 3.66. The van der Waals surface area contributed by atoms with Gasteiger partial charge in [0.1, 0.15) is 0 Å². The highest BCUT2D eigenvalue weighted by atomic mass is 16.3. The lowest BCUT2D eigenvalue weighted by Crippen LogP contribution is -2.26. The van der Waals surface area contributed by atoms with E-state index in [0.29, 0.717) is 19.0 Å². The molecule has 2 aliphatic rings. The molecule has 3 atom stereocenters. The first-order chi connectivity index (χ1) is 7.68. The van der Waals surface area contributed by atoms with Crippen molar-refractivity contribution in [1.29, 1.82) is 0 Å². The van der Waals surface area contributed by atoms with Gasteiger partial charge in [0.15, 0.2) is 13.1 Å². The Bertz CT molecular complexity index is 291. The highest BCUT2D eigenvalue weighted by Crippen LogP contribution is 2.26. The molecule has 0 aliphatic carbocycles. The van der Waals surface area contributed by atoms with E-state index in [0.717, 1.165) is 38.5 Å². The summed E-state index contributed by atoms with van der Waals surface area (Å²) >= 11 is 0. The van der Waals surface area contributed by atoms with E-state index in [4.69, 9.17) is 0 Å². The number of hydrogen-bond donors (Lipinski definition) is 0. The van der Waals surface area contributed by atoms with Crippen LogP contribution in [0.25, 0.3) is 0 Å². The van der Waals surface area contributed by atoms with Gasteiger partial charge in [0.05, 0.1) is 0 Å². The average Bonchev–Trinajstić information content (AvgIpc) is 2.84. The van der Waals surface area contributed by atoms with Crippen LogP contribution in [0.15, 0.2) is 0 Å². The van der Waals surface area contributed by atoms with Crippen LogP contribution in [-0.4, -0.2) is 34.7 Å². The van der Waals surface area contributed by atoms with Crippen LogP contribution in [0.2, 0.25) is 0 Å². The fourth-order valence-corrected chi connectivity index (χ4v) is 3.08. The molecule has 4 heteroatoms. The van der Waals surface area contributed by atoms with Gasteiger partial charge in [0, 0.05) is 57.4 Å². The monoisotopic (exact) mass is 226 g/mol. The fraction of sp³-hybridized carbons (Fsp3) is 1.00. The molecule has 2 heterocycles. The van der Waals surface area contributed by atoms with Gasteiger partial charge in [-0.3, -0.25) is 0 Å². The predicted molar refractivity (Wildman–Crippen MR) is 61.4 cm³/mol. The normalized spacial score (nSPS) is 32.3. The van der Waals surface area contributed by atoms with Crippen molar-refractivity contribution < 1.29 is 9.52 Å². The summed E-state index contributed by atoms with van der Waals surface area (Å²) < 4.78 is 2.48. The van der Waals surface area contributed by atoms with Crippen LogP contribution < -0.4 is 0 Å². The van der Waals surface area contributed by atoms with Crippen molar-refractivity contribution >= 4 is 0 Å². The maximum Gasteiger partial charge on any atom is 0.204 e. The van der Waals surface area contributed by atoms with E-state index in [1.807, 2.05) is 0 Å². The van der Waals surface area contributed by atoms with Crippen LogP contribution in [0, 0.1) is 15.7 Å². The molecule has 2 saturated heterocycles. The summed E-state index contributed by atoms with van der Waals surface area (Å²) in [5.74, 6) is 0.439. The van der Waals surface area contributed by atoms with Gasteiger partial charge in [-0.25, -0.2) is 0 Å². The molecular weight excluding hydrogens is 204 g/mol. The van der Waals surface area contributed by atoms with Crippen molar-refractivity contribution in [2.75, 3.05) is 13.1 Å². The van der Waals surface area contributed by atoms with Gasteiger partial charge in [-0.1, -0.05) is 6.92 Å². The molecule has 2 aliphatic heterocycles. The van der Waals surface area contributed by atoms with E-state index in [-0.39, 0.29) is 12.1 Å². The second kappa shape index (κ2) is 5.02. The molecule has 0 aromatic rings. The first-order valence-corrected chi connectivity index (χ1v) is 6.56. The van der Waals surface area contributed by atoms with Crippen LogP contribution in [0.3, 0.4) is 0 Å². The smallest absolute Gasteiger partial charge is 0.0560 e. The van der Waals surface area contributed by atoms with Crippen LogP contribution in [0.1, 0.15) is 45.4 Å². The van der Waals surface area contributed by atoms with Crippen molar-refractivity contribution in [1.82, 2.24) is 0 Å². The van der Waals surface area contributed by atoms with E-state index in [1.165, 1.54) is 9.52 Å². The van der Waals surface area contributed by atoms with Crippen LogP contribution in [0.4, 0.5) is 0 Å². The van der Waals surface area contributed by atoms with Crippen LogP contribution >= 0.6 is 0 Å². The van der Waals surface area contributed by atoms with E-state index in [1.54, 1.807) is 0 Å². The average molecular weight is 226 g/mol. The minimum Gasteiger partial charge on any atom is -0.0560 e. The molecule has 0 aromatic heterocycles. The lowest BCUT2D eigenvalue weighted by molar-refractivity contribution is -0.575. The highest BCUT2D eigenvalue weighted by molar-refractivity contribution is 4.72. The molecule has 0 amide bonds. The third-order valence-electron chi connectivity index (χ3n) is 4.18. The fourth-order valence-electron chi connectivity index (χ4n) is 3.08. The standard InChI is InChI=1S/C12H22N2O2/c1-10(12-5-3-9-14(12)16)6-7-11-4-2-8-13(11)15/h10-12H,2-9H2,1H3/q+2. The quantitative estimate of drug-likeness (QED) is 0.690. The summed E-state index contributed by atoms with van der Waals surface area (Å²) in [5.41, 5.74) is 0. The second-order valence-electron chi connectivity index (χ2n) is 5.34. The lowest BCUT2D eigenvalue weighted by Gasteiger charge is -2.12. The first kappa shape index (κ1) is 11.7. The third kappa shape index (κ3) is 2.47. The van der Waals surface area contributed by atoms with Gasteiger partial charge in [-0.15, -0.1) is 0 Å². The maximum atomic E-state index is 11.5. The predicted octanol–water partition coefficient (Wildman–Crippen LogP) is 2.29. The van der Waals surface area contributed by atoms with Crippen LogP contribution in [-0.2, 0) is 0 Å². The molecule has 4 nitrogen and oxygen atoms in total. The van der Waals surface area contributed by atoms with Gasteiger partial charge in [0.2, 0.25) is 12.1 Å². The Morgan fingerprint density at radius 2 is 1.81 bits per heavy atom. The Morgan fingerprint density at radius 1 is 1.12 bits per heavy atom. The maximum absolute atomic E-state index is 11.5. The van der Waals surface area contributed by atoms with E-state index < -0.39 is 0 Å². The number of rotatable bonds is 4. The molecule has 3 unspecified atom stereocenters. The molecular formula is C12H22N2O2+2. The number of hydrogen-bond acceptors (Lipinski definition) is 2. The summed E-state index contributed by atoms with van der Waals surface area (Å²) in [7, 11) is 0. The zero-order chi connectivity index (χ0) is 11.5. The molecule has 2 rings (SSSR count). The number of nitrogens with zero attached hydrogens (tertiary/aromatic N) is 2. The van der Waals surface area contributed by atoms with Crippen molar-refractivity contribution in [2.24, 2.45) is 5.92 Å². The van der Waals surface area contributed by atoms with Gasteiger partial charge in [-0.05, 0) is 6.42 Å². The van der Waals surface area contributed by atoms with E-state index in [9.17, 15) is 9.81 Å².